The lowest BCUT2D eigenvalue weighted by Gasteiger charge is -2.06. The van der Waals surface area contributed by atoms with Crippen LogP contribution in [0.15, 0.2) is 77.2 Å². The number of benzene rings is 3. The van der Waals surface area contributed by atoms with Gasteiger partial charge >= 0.3 is 5.97 Å². The summed E-state index contributed by atoms with van der Waals surface area (Å²) in [5, 5.41) is 0.636. The Bertz CT molecular complexity index is 1330. The Balaban J connectivity index is 1.48. The van der Waals surface area contributed by atoms with Gasteiger partial charge in [-0.15, -0.1) is 0 Å². The maximum Gasteiger partial charge on any atom is 0.347 e. The van der Waals surface area contributed by atoms with Gasteiger partial charge in [-0.3, -0.25) is 4.79 Å². The van der Waals surface area contributed by atoms with Crippen LogP contribution >= 0.6 is 0 Å². The molecule has 5 heteroatoms. The van der Waals surface area contributed by atoms with E-state index in [1.54, 1.807) is 55.5 Å². The molecule has 0 radical (unpaired) electrons. The van der Waals surface area contributed by atoms with Gasteiger partial charge < -0.3 is 13.9 Å². The maximum absolute atomic E-state index is 12.9. The summed E-state index contributed by atoms with van der Waals surface area (Å²) in [4.78, 5) is 25.3. The average molecular weight is 440 g/mol. The first kappa shape index (κ1) is 22.1. The number of ketones is 1. The Morgan fingerprint density at radius 2 is 1.61 bits per heavy atom. The van der Waals surface area contributed by atoms with Crippen LogP contribution in [0.1, 0.15) is 44.5 Å². The predicted octanol–water partition coefficient (Wildman–Crippen LogP) is 6.56. The summed E-state index contributed by atoms with van der Waals surface area (Å²) in [7, 11) is 0. The number of aryl methyl sites for hydroxylation is 2. The van der Waals surface area contributed by atoms with Crippen LogP contribution in [0.5, 0.6) is 11.5 Å². The normalized spacial score (nSPS) is 11.1. The molecule has 5 nitrogen and oxygen atoms in total. The molecule has 0 bridgehead atoms. The predicted molar refractivity (Wildman–Crippen MR) is 128 cm³/mol. The SMILES string of the molecule is CCOc1ccc2oc(C)c(C(=O)Oc3ccc(C(=O)C=Cc4ccc(C)cc4)cc3)c2c1. The van der Waals surface area contributed by atoms with Gasteiger partial charge in [0.2, 0.25) is 0 Å². The smallest absolute Gasteiger partial charge is 0.347 e. The van der Waals surface area contributed by atoms with Crippen molar-refractivity contribution in [3.05, 3.63) is 101 Å². The Morgan fingerprint density at radius 1 is 0.909 bits per heavy atom. The topological polar surface area (TPSA) is 65.7 Å². The van der Waals surface area contributed by atoms with Crippen LogP contribution in [0, 0.1) is 13.8 Å². The fourth-order valence-electron chi connectivity index (χ4n) is 3.50. The molecule has 0 atom stereocenters. The van der Waals surface area contributed by atoms with Crippen LogP contribution in [0.2, 0.25) is 0 Å². The molecule has 0 N–H and O–H groups in total. The number of carbonyl (C=O) groups is 2. The van der Waals surface area contributed by atoms with Crippen LogP contribution in [0.3, 0.4) is 0 Å². The molecule has 33 heavy (non-hydrogen) atoms. The van der Waals surface area contributed by atoms with Crippen molar-refractivity contribution in [3.63, 3.8) is 0 Å². The Kier molecular flexibility index (Phi) is 6.41. The molecule has 0 spiro atoms. The maximum atomic E-state index is 12.9. The molecule has 1 heterocycles. The summed E-state index contributed by atoms with van der Waals surface area (Å²) in [6.07, 6.45) is 3.31. The Hall–Kier alpha value is -4.12. The Morgan fingerprint density at radius 3 is 2.30 bits per heavy atom. The van der Waals surface area contributed by atoms with Gasteiger partial charge in [0.05, 0.1) is 6.61 Å². The summed E-state index contributed by atoms with van der Waals surface area (Å²) in [5.74, 6) is 0.804. The number of furan rings is 1. The van der Waals surface area contributed by atoms with Gasteiger partial charge in [-0.1, -0.05) is 35.9 Å². The molecular formula is C28H24O5. The van der Waals surface area contributed by atoms with Crippen LogP contribution in [0.4, 0.5) is 0 Å². The highest BCUT2D eigenvalue weighted by Gasteiger charge is 2.21. The lowest BCUT2D eigenvalue weighted by atomic mass is 10.1. The summed E-state index contributed by atoms with van der Waals surface area (Å²) in [5.41, 5.74) is 3.56. The van der Waals surface area contributed by atoms with E-state index in [-0.39, 0.29) is 5.78 Å². The van der Waals surface area contributed by atoms with E-state index in [1.807, 2.05) is 38.1 Å². The number of ether oxygens (including phenoxy) is 2. The fraction of sp³-hybridized carbons (Fsp3) is 0.143. The van der Waals surface area contributed by atoms with E-state index in [4.69, 9.17) is 13.9 Å². The van der Waals surface area contributed by atoms with Crippen molar-refractivity contribution in [2.24, 2.45) is 0 Å². The standard InChI is InChI=1S/C28H24O5/c1-4-31-23-14-16-26-24(17-23)27(19(3)32-26)28(30)33-22-12-10-21(11-13-22)25(29)15-9-20-7-5-18(2)6-8-20/h5-17H,4H2,1-3H3. The number of rotatable bonds is 7. The van der Waals surface area contributed by atoms with E-state index in [9.17, 15) is 9.59 Å². The second-order valence-corrected chi connectivity index (χ2v) is 7.65. The van der Waals surface area contributed by atoms with Gasteiger partial charge in [0.15, 0.2) is 5.78 Å². The fourth-order valence-corrected chi connectivity index (χ4v) is 3.50. The summed E-state index contributed by atoms with van der Waals surface area (Å²) in [6, 6.07) is 19.7. The Labute approximate surface area is 192 Å². The number of allylic oxidation sites excluding steroid dienone is 1. The van der Waals surface area contributed by atoms with Crippen molar-refractivity contribution >= 4 is 28.8 Å². The van der Waals surface area contributed by atoms with Crippen molar-refractivity contribution in [1.29, 1.82) is 0 Å². The monoisotopic (exact) mass is 440 g/mol. The van der Waals surface area contributed by atoms with E-state index in [0.717, 1.165) is 11.1 Å². The highest BCUT2D eigenvalue weighted by atomic mass is 16.5. The summed E-state index contributed by atoms with van der Waals surface area (Å²) in [6.45, 7) is 6.15. The summed E-state index contributed by atoms with van der Waals surface area (Å²) >= 11 is 0. The quantitative estimate of drug-likeness (QED) is 0.141. The number of hydrogen-bond acceptors (Lipinski definition) is 5. The molecule has 0 amide bonds. The molecular weight excluding hydrogens is 416 g/mol. The van der Waals surface area contributed by atoms with E-state index in [2.05, 4.69) is 0 Å². The minimum absolute atomic E-state index is 0.131. The first-order valence-electron chi connectivity index (χ1n) is 10.7. The van der Waals surface area contributed by atoms with Gasteiger partial charge in [-0.2, -0.15) is 0 Å². The summed E-state index contributed by atoms with van der Waals surface area (Å²) < 4.78 is 16.8. The zero-order valence-electron chi connectivity index (χ0n) is 18.8. The molecule has 4 rings (SSSR count). The minimum Gasteiger partial charge on any atom is -0.494 e. The van der Waals surface area contributed by atoms with E-state index in [0.29, 0.717) is 46.0 Å². The molecule has 0 saturated carbocycles. The molecule has 0 aliphatic rings. The van der Waals surface area contributed by atoms with Crippen molar-refractivity contribution in [3.8, 4) is 11.5 Å². The third-order valence-electron chi connectivity index (χ3n) is 5.20. The van der Waals surface area contributed by atoms with Crippen LogP contribution in [0.25, 0.3) is 17.0 Å². The molecule has 0 aliphatic heterocycles. The third-order valence-corrected chi connectivity index (χ3v) is 5.20. The van der Waals surface area contributed by atoms with Gasteiger partial charge in [0.25, 0.3) is 0 Å². The van der Waals surface area contributed by atoms with Gasteiger partial charge in [-0.25, -0.2) is 4.79 Å². The zero-order chi connectivity index (χ0) is 23.4. The van der Waals surface area contributed by atoms with Crippen LogP contribution in [-0.4, -0.2) is 18.4 Å². The molecule has 0 saturated heterocycles. The number of esters is 1. The minimum atomic E-state index is -0.529. The molecule has 3 aromatic carbocycles. The first-order valence-corrected chi connectivity index (χ1v) is 10.7. The highest BCUT2D eigenvalue weighted by Crippen LogP contribution is 2.30. The molecule has 0 aliphatic carbocycles. The van der Waals surface area contributed by atoms with Crippen LogP contribution in [-0.2, 0) is 0 Å². The van der Waals surface area contributed by atoms with Crippen molar-refractivity contribution in [1.82, 2.24) is 0 Å². The van der Waals surface area contributed by atoms with Crippen molar-refractivity contribution in [2.45, 2.75) is 20.8 Å². The zero-order valence-corrected chi connectivity index (χ0v) is 18.8. The van der Waals surface area contributed by atoms with Crippen LogP contribution < -0.4 is 9.47 Å². The lowest BCUT2D eigenvalue weighted by Crippen LogP contribution is -2.09. The van der Waals surface area contributed by atoms with Gasteiger partial charge in [0.1, 0.15) is 28.4 Å². The van der Waals surface area contributed by atoms with E-state index in [1.165, 1.54) is 6.08 Å². The molecule has 4 aromatic rings. The number of hydrogen-bond donors (Lipinski definition) is 0. The number of carbonyl (C=O) groups excluding carboxylic acids is 2. The van der Waals surface area contributed by atoms with Crippen molar-refractivity contribution < 1.29 is 23.5 Å². The first-order chi connectivity index (χ1) is 15.9. The van der Waals surface area contributed by atoms with E-state index < -0.39 is 5.97 Å². The van der Waals surface area contributed by atoms with Gasteiger partial charge in [-0.05, 0) is 74.9 Å². The molecule has 0 fully saturated rings. The third kappa shape index (κ3) is 5.04. The van der Waals surface area contributed by atoms with E-state index >= 15 is 0 Å². The van der Waals surface area contributed by atoms with Gasteiger partial charge in [0, 0.05) is 10.9 Å². The van der Waals surface area contributed by atoms with Crippen molar-refractivity contribution in [2.75, 3.05) is 6.61 Å². The average Bonchev–Trinajstić information content (AvgIpc) is 3.14. The molecule has 0 unspecified atom stereocenters. The molecule has 1 aromatic heterocycles. The second kappa shape index (κ2) is 9.57. The largest absolute Gasteiger partial charge is 0.494 e. The highest BCUT2D eigenvalue weighted by molar-refractivity contribution is 6.07. The number of fused-ring (bicyclic) bond motifs is 1. The lowest BCUT2D eigenvalue weighted by molar-refractivity contribution is 0.0734. The second-order valence-electron chi connectivity index (χ2n) is 7.65. The molecule has 166 valence electrons.